The Morgan fingerprint density at radius 2 is 1.86 bits per heavy atom. The van der Waals surface area contributed by atoms with E-state index in [1.165, 1.54) is 20.0 Å². The molecule has 0 saturated heterocycles. The van der Waals surface area contributed by atoms with Crippen LogP contribution in [-0.2, 0) is 14.3 Å². The van der Waals surface area contributed by atoms with Crippen LogP contribution in [0.2, 0.25) is 0 Å². The predicted molar refractivity (Wildman–Crippen MR) is 50.5 cm³/mol. The molecule has 0 aromatic carbocycles. The number of methoxy groups -OCH3 is 1. The zero-order chi connectivity index (χ0) is 10.3. The average molecular weight is 196 g/mol. The Hall–Kier alpha value is -0.860. The van der Waals surface area contributed by atoms with Gasteiger partial charge in [-0.25, -0.2) is 0 Å². The summed E-state index contributed by atoms with van der Waals surface area (Å²) in [5.74, 6) is 1.83. The molecular formula is C11H16O3. The summed E-state index contributed by atoms with van der Waals surface area (Å²) in [6.45, 7) is 2.23. The maximum absolute atomic E-state index is 11.6. The van der Waals surface area contributed by atoms with E-state index >= 15 is 0 Å². The summed E-state index contributed by atoms with van der Waals surface area (Å²) >= 11 is 0. The summed E-state index contributed by atoms with van der Waals surface area (Å²) in [6.07, 6.45) is 2.31. The van der Waals surface area contributed by atoms with Gasteiger partial charge in [0, 0.05) is 5.92 Å². The van der Waals surface area contributed by atoms with Gasteiger partial charge in [0.15, 0.2) is 0 Å². The Morgan fingerprint density at radius 1 is 1.29 bits per heavy atom. The lowest BCUT2D eigenvalue weighted by molar-refractivity contribution is -0.143. The molecule has 0 amide bonds. The number of fused-ring (bicyclic) bond motifs is 1. The van der Waals surface area contributed by atoms with Gasteiger partial charge in [-0.2, -0.15) is 0 Å². The third-order valence-electron chi connectivity index (χ3n) is 3.60. The largest absolute Gasteiger partial charge is 0.469 e. The minimum Gasteiger partial charge on any atom is -0.469 e. The first-order chi connectivity index (χ1) is 6.63. The van der Waals surface area contributed by atoms with Crippen molar-refractivity contribution in [3.63, 3.8) is 0 Å². The number of Topliss-reactive ketones (excluding diaryl/α,β-unsaturated/α-hetero) is 1. The average Bonchev–Trinajstić information content (AvgIpc) is 2.65. The molecule has 0 heterocycles. The van der Waals surface area contributed by atoms with Crippen molar-refractivity contribution in [2.75, 3.05) is 7.11 Å². The number of carbonyl (C=O) groups excluding carboxylic acids is 2. The van der Waals surface area contributed by atoms with Crippen molar-refractivity contribution in [2.24, 2.45) is 23.7 Å². The molecule has 0 aliphatic heterocycles. The summed E-state index contributed by atoms with van der Waals surface area (Å²) in [5, 5.41) is 0. The highest BCUT2D eigenvalue weighted by Crippen LogP contribution is 2.60. The van der Waals surface area contributed by atoms with Gasteiger partial charge in [-0.05, 0) is 30.6 Å². The van der Waals surface area contributed by atoms with Gasteiger partial charge in [-0.15, -0.1) is 0 Å². The number of carbonyl (C=O) groups is 2. The molecule has 1 unspecified atom stereocenters. The molecular weight excluding hydrogens is 180 g/mol. The minimum atomic E-state index is -0.395. The molecule has 2 aliphatic rings. The van der Waals surface area contributed by atoms with E-state index in [0.29, 0.717) is 11.8 Å². The SMILES string of the molecule is COC(=O)CC(=O)[C@H]1[C@@H]2CC(C)C[C@@H]21. The molecule has 0 aromatic rings. The quantitative estimate of drug-likeness (QED) is 0.506. The fourth-order valence-electron chi connectivity index (χ4n) is 2.92. The monoisotopic (exact) mass is 196 g/mol. The second-order valence-corrected chi connectivity index (χ2v) is 4.65. The Labute approximate surface area is 83.8 Å². The molecule has 2 fully saturated rings. The maximum Gasteiger partial charge on any atom is 0.313 e. The number of hydrogen-bond donors (Lipinski definition) is 0. The highest BCUT2D eigenvalue weighted by atomic mass is 16.5. The molecule has 3 nitrogen and oxygen atoms in total. The normalized spacial score (nSPS) is 39.0. The Balaban J connectivity index is 1.83. The zero-order valence-electron chi connectivity index (χ0n) is 8.66. The van der Waals surface area contributed by atoms with Crippen LogP contribution in [0.5, 0.6) is 0 Å². The second-order valence-electron chi connectivity index (χ2n) is 4.65. The molecule has 0 N–H and O–H groups in total. The smallest absolute Gasteiger partial charge is 0.313 e. The van der Waals surface area contributed by atoms with E-state index < -0.39 is 5.97 Å². The van der Waals surface area contributed by atoms with Crippen LogP contribution in [0, 0.1) is 23.7 Å². The topological polar surface area (TPSA) is 43.4 Å². The maximum atomic E-state index is 11.6. The van der Waals surface area contributed by atoms with Crippen molar-refractivity contribution in [1.82, 2.24) is 0 Å². The van der Waals surface area contributed by atoms with Crippen LogP contribution in [0.4, 0.5) is 0 Å². The van der Waals surface area contributed by atoms with E-state index in [1.807, 2.05) is 0 Å². The van der Waals surface area contributed by atoms with Gasteiger partial charge in [0.1, 0.15) is 12.2 Å². The van der Waals surface area contributed by atoms with Crippen molar-refractivity contribution in [2.45, 2.75) is 26.2 Å². The predicted octanol–water partition coefficient (Wildman–Crippen LogP) is 1.41. The summed E-state index contributed by atoms with van der Waals surface area (Å²) in [6, 6.07) is 0. The molecule has 0 bridgehead atoms. The fraction of sp³-hybridized carbons (Fsp3) is 0.818. The summed E-state index contributed by atoms with van der Waals surface area (Å²) in [5.41, 5.74) is 0. The van der Waals surface area contributed by atoms with Crippen molar-refractivity contribution < 1.29 is 14.3 Å². The lowest BCUT2D eigenvalue weighted by Crippen LogP contribution is -2.14. The van der Waals surface area contributed by atoms with Crippen molar-refractivity contribution >= 4 is 11.8 Å². The lowest BCUT2D eigenvalue weighted by Gasteiger charge is -2.06. The van der Waals surface area contributed by atoms with Gasteiger partial charge in [0.25, 0.3) is 0 Å². The third kappa shape index (κ3) is 1.56. The molecule has 2 saturated carbocycles. The van der Waals surface area contributed by atoms with Crippen LogP contribution >= 0.6 is 0 Å². The molecule has 0 spiro atoms. The standard InChI is InChI=1S/C11H16O3/c1-6-3-7-8(4-6)11(7)9(12)5-10(13)14-2/h6-8,11H,3-5H2,1-2H3/t6?,7-,8+,11+. The first-order valence-corrected chi connectivity index (χ1v) is 5.23. The number of hydrogen-bond acceptors (Lipinski definition) is 3. The van der Waals surface area contributed by atoms with E-state index in [4.69, 9.17) is 0 Å². The molecule has 3 heteroatoms. The number of rotatable bonds is 3. The highest BCUT2D eigenvalue weighted by molar-refractivity contribution is 5.98. The number of esters is 1. The van der Waals surface area contributed by atoms with E-state index in [2.05, 4.69) is 11.7 Å². The molecule has 4 atom stereocenters. The second kappa shape index (κ2) is 3.37. The van der Waals surface area contributed by atoms with E-state index in [9.17, 15) is 9.59 Å². The first-order valence-electron chi connectivity index (χ1n) is 5.23. The van der Waals surface area contributed by atoms with Crippen LogP contribution < -0.4 is 0 Å². The summed E-state index contributed by atoms with van der Waals surface area (Å²) in [4.78, 5) is 22.5. The van der Waals surface area contributed by atoms with Crippen LogP contribution in [0.1, 0.15) is 26.2 Å². The van der Waals surface area contributed by atoms with Gasteiger partial charge in [-0.3, -0.25) is 9.59 Å². The van der Waals surface area contributed by atoms with Crippen LogP contribution in [0.15, 0.2) is 0 Å². The van der Waals surface area contributed by atoms with Crippen molar-refractivity contribution in [3.05, 3.63) is 0 Å². The van der Waals surface area contributed by atoms with Crippen molar-refractivity contribution in [1.29, 1.82) is 0 Å². The molecule has 78 valence electrons. The first kappa shape index (κ1) is 9.69. The fourth-order valence-corrected chi connectivity index (χ4v) is 2.92. The van der Waals surface area contributed by atoms with Crippen LogP contribution in [-0.4, -0.2) is 18.9 Å². The minimum absolute atomic E-state index is 0.0253. The van der Waals surface area contributed by atoms with Gasteiger partial charge >= 0.3 is 5.97 Å². The molecule has 14 heavy (non-hydrogen) atoms. The van der Waals surface area contributed by atoms with Crippen LogP contribution in [0.3, 0.4) is 0 Å². The highest BCUT2D eigenvalue weighted by Gasteiger charge is 2.58. The van der Waals surface area contributed by atoms with E-state index in [0.717, 1.165) is 5.92 Å². The zero-order valence-corrected chi connectivity index (χ0v) is 8.66. The van der Waals surface area contributed by atoms with Crippen molar-refractivity contribution in [3.8, 4) is 0 Å². The van der Waals surface area contributed by atoms with Gasteiger partial charge in [0.05, 0.1) is 7.11 Å². The summed E-state index contributed by atoms with van der Waals surface area (Å²) in [7, 11) is 1.32. The van der Waals surface area contributed by atoms with E-state index in [-0.39, 0.29) is 18.1 Å². The lowest BCUT2D eigenvalue weighted by atomic mass is 9.99. The van der Waals surface area contributed by atoms with Gasteiger partial charge < -0.3 is 4.74 Å². The molecule has 0 aromatic heterocycles. The van der Waals surface area contributed by atoms with Gasteiger partial charge in [0.2, 0.25) is 0 Å². The third-order valence-corrected chi connectivity index (χ3v) is 3.60. The molecule has 2 aliphatic carbocycles. The number of ketones is 1. The Kier molecular flexibility index (Phi) is 2.33. The molecule has 0 radical (unpaired) electrons. The number of ether oxygens (including phenoxy) is 1. The van der Waals surface area contributed by atoms with Crippen LogP contribution in [0.25, 0.3) is 0 Å². The molecule has 2 rings (SSSR count). The Bertz CT molecular complexity index is 260. The van der Waals surface area contributed by atoms with E-state index in [1.54, 1.807) is 0 Å². The summed E-state index contributed by atoms with van der Waals surface area (Å²) < 4.78 is 4.48. The Morgan fingerprint density at radius 3 is 2.36 bits per heavy atom. The van der Waals surface area contributed by atoms with Gasteiger partial charge in [-0.1, -0.05) is 6.92 Å².